The first-order valence-electron chi connectivity index (χ1n) is 6.31. The first-order chi connectivity index (χ1) is 8.99. The molecule has 1 aromatic rings. The van der Waals surface area contributed by atoms with Crippen molar-refractivity contribution in [2.24, 2.45) is 0 Å². The van der Waals surface area contributed by atoms with Crippen LogP contribution in [0.5, 0.6) is 0 Å². The van der Waals surface area contributed by atoms with Crippen LogP contribution < -0.4 is 10.6 Å². The topological polar surface area (TPSA) is 88.5 Å². The molecule has 1 aromatic heterocycles. The van der Waals surface area contributed by atoms with Gasteiger partial charge in [-0.25, -0.2) is 4.98 Å². The Morgan fingerprint density at radius 1 is 1.58 bits per heavy atom. The number of pyridine rings is 1. The van der Waals surface area contributed by atoms with Crippen molar-refractivity contribution in [3.05, 3.63) is 22.2 Å². The van der Waals surface area contributed by atoms with E-state index >= 15 is 0 Å². The first-order valence-corrected chi connectivity index (χ1v) is 6.31. The van der Waals surface area contributed by atoms with Gasteiger partial charge in [-0.2, -0.15) is 0 Å². The van der Waals surface area contributed by atoms with Crippen LogP contribution in [-0.2, 0) is 0 Å². The Kier molecular flexibility index (Phi) is 3.84. The molecule has 2 heterocycles. The second-order valence-electron chi connectivity index (χ2n) is 5.09. The predicted molar refractivity (Wildman–Crippen MR) is 74.2 cm³/mol. The van der Waals surface area contributed by atoms with E-state index < -0.39 is 4.92 Å². The molecule has 0 amide bonds. The minimum atomic E-state index is -0.396. The van der Waals surface area contributed by atoms with E-state index in [4.69, 9.17) is 5.73 Å². The third-order valence-electron chi connectivity index (χ3n) is 3.30. The third kappa shape index (κ3) is 2.93. The molecule has 7 heteroatoms. The SMILES string of the molecule is CN(C)CC1CCCN1c1nc(N)ccc1[N+](=O)[O-]. The van der Waals surface area contributed by atoms with Crippen molar-refractivity contribution in [3.8, 4) is 0 Å². The number of hydrogen-bond donors (Lipinski definition) is 1. The van der Waals surface area contributed by atoms with E-state index in [0.29, 0.717) is 11.6 Å². The quantitative estimate of drug-likeness (QED) is 0.648. The summed E-state index contributed by atoms with van der Waals surface area (Å²) >= 11 is 0. The summed E-state index contributed by atoms with van der Waals surface area (Å²) in [5.74, 6) is 0.713. The molecule has 104 valence electrons. The van der Waals surface area contributed by atoms with Gasteiger partial charge in [-0.3, -0.25) is 10.1 Å². The Hall–Kier alpha value is -1.89. The lowest BCUT2D eigenvalue weighted by atomic mass is 10.2. The first kappa shape index (κ1) is 13.5. The van der Waals surface area contributed by atoms with Gasteiger partial charge >= 0.3 is 5.69 Å². The summed E-state index contributed by atoms with van der Waals surface area (Å²) in [7, 11) is 4.00. The number of nitrogens with two attached hydrogens (primary N) is 1. The lowest BCUT2D eigenvalue weighted by molar-refractivity contribution is -0.384. The van der Waals surface area contributed by atoms with Crippen molar-refractivity contribution in [2.75, 3.05) is 37.8 Å². The van der Waals surface area contributed by atoms with Crippen LogP contribution in [-0.4, -0.2) is 48.0 Å². The molecule has 0 radical (unpaired) electrons. The Morgan fingerprint density at radius 3 is 2.95 bits per heavy atom. The van der Waals surface area contributed by atoms with E-state index in [0.717, 1.165) is 25.9 Å². The maximum atomic E-state index is 11.1. The Bertz CT molecular complexity index is 477. The van der Waals surface area contributed by atoms with Crippen LogP contribution in [0.25, 0.3) is 0 Å². The molecule has 1 aliphatic rings. The fourth-order valence-corrected chi connectivity index (χ4v) is 2.54. The second-order valence-corrected chi connectivity index (χ2v) is 5.09. The lowest BCUT2D eigenvalue weighted by Crippen LogP contribution is -2.38. The van der Waals surface area contributed by atoms with Crippen LogP contribution in [0.4, 0.5) is 17.3 Å². The van der Waals surface area contributed by atoms with E-state index in [1.807, 2.05) is 19.0 Å². The minimum Gasteiger partial charge on any atom is -0.384 e. The van der Waals surface area contributed by atoms with Crippen LogP contribution in [0.1, 0.15) is 12.8 Å². The zero-order chi connectivity index (χ0) is 14.0. The van der Waals surface area contributed by atoms with E-state index in [9.17, 15) is 10.1 Å². The van der Waals surface area contributed by atoms with Crippen LogP contribution in [0, 0.1) is 10.1 Å². The zero-order valence-corrected chi connectivity index (χ0v) is 11.2. The van der Waals surface area contributed by atoms with Crippen molar-refractivity contribution >= 4 is 17.3 Å². The Labute approximate surface area is 112 Å². The molecule has 0 aromatic carbocycles. The van der Waals surface area contributed by atoms with Gasteiger partial charge in [0, 0.05) is 25.2 Å². The van der Waals surface area contributed by atoms with Gasteiger partial charge in [0.05, 0.1) is 4.92 Å². The molecule has 0 aliphatic carbocycles. The monoisotopic (exact) mass is 265 g/mol. The highest BCUT2D eigenvalue weighted by Crippen LogP contribution is 2.32. The molecule has 1 aliphatic heterocycles. The fraction of sp³-hybridized carbons (Fsp3) is 0.583. The molecule has 1 saturated heterocycles. The second kappa shape index (κ2) is 5.40. The molecule has 1 unspecified atom stereocenters. The Morgan fingerprint density at radius 2 is 2.32 bits per heavy atom. The fourth-order valence-electron chi connectivity index (χ4n) is 2.54. The average Bonchev–Trinajstić information content (AvgIpc) is 2.75. The van der Waals surface area contributed by atoms with Gasteiger partial charge in [-0.05, 0) is 33.0 Å². The van der Waals surface area contributed by atoms with E-state index in [1.165, 1.54) is 12.1 Å². The highest BCUT2D eigenvalue weighted by Gasteiger charge is 2.31. The van der Waals surface area contributed by atoms with Crippen molar-refractivity contribution in [1.82, 2.24) is 9.88 Å². The normalized spacial score (nSPS) is 19.1. The van der Waals surface area contributed by atoms with Crippen LogP contribution in [0.2, 0.25) is 0 Å². The standard InChI is InChI=1S/C12H19N5O2/c1-15(2)8-9-4-3-7-16(9)12-10(17(18)19)5-6-11(13)14-12/h5-6,9H,3-4,7-8H2,1-2H3,(H2,13,14). The molecule has 19 heavy (non-hydrogen) atoms. The molecule has 2 N–H and O–H groups in total. The number of hydrogen-bond acceptors (Lipinski definition) is 6. The van der Waals surface area contributed by atoms with Crippen molar-refractivity contribution in [2.45, 2.75) is 18.9 Å². The largest absolute Gasteiger partial charge is 0.384 e. The number of anilines is 2. The third-order valence-corrected chi connectivity index (χ3v) is 3.30. The van der Waals surface area contributed by atoms with Gasteiger partial charge in [0.2, 0.25) is 5.82 Å². The summed E-state index contributed by atoms with van der Waals surface area (Å²) in [6.07, 6.45) is 2.04. The number of nitro groups is 1. The summed E-state index contributed by atoms with van der Waals surface area (Å²) in [6.45, 7) is 1.64. The van der Waals surface area contributed by atoms with Crippen molar-refractivity contribution < 1.29 is 4.92 Å². The van der Waals surface area contributed by atoms with Gasteiger partial charge in [-0.15, -0.1) is 0 Å². The molecule has 0 bridgehead atoms. The molecule has 1 fully saturated rings. The van der Waals surface area contributed by atoms with E-state index in [2.05, 4.69) is 9.88 Å². The van der Waals surface area contributed by atoms with Crippen LogP contribution in [0.15, 0.2) is 12.1 Å². The Balaban J connectivity index is 2.34. The molecule has 0 spiro atoms. The maximum absolute atomic E-state index is 11.1. The van der Waals surface area contributed by atoms with Gasteiger partial charge in [-0.1, -0.05) is 0 Å². The molecule has 0 saturated carbocycles. The van der Waals surface area contributed by atoms with Gasteiger partial charge < -0.3 is 15.5 Å². The van der Waals surface area contributed by atoms with Gasteiger partial charge in [0.15, 0.2) is 0 Å². The van der Waals surface area contributed by atoms with Gasteiger partial charge in [0.1, 0.15) is 5.82 Å². The molecule has 7 nitrogen and oxygen atoms in total. The summed E-state index contributed by atoms with van der Waals surface area (Å²) in [5.41, 5.74) is 5.70. The lowest BCUT2D eigenvalue weighted by Gasteiger charge is -2.27. The zero-order valence-electron chi connectivity index (χ0n) is 11.2. The average molecular weight is 265 g/mol. The highest BCUT2D eigenvalue weighted by atomic mass is 16.6. The van der Waals surface area contributed by atoms with Crippen LogP contribution >= 0.6 is 0 Å². The maximum Gasteiger partial charge on any atom is 0.311 e. The summed E-state index contributed by atoms with van der Waals surface area (Å²) in [6, 6.07) is 3.16. The number of aromatic nitrogens is 1. The van der Waals surface area contributed by atoms with Crippen molar-refractivity contribution in [1.29, 1.82) is 0 Å². The number of rotatable bonds is 4. The number of nitrogens with zero attached hydrogens (tertiary/aromatic N) is 4. The molecule has 1 atom stereocenters. The molecular weight excluding hydrogens is 246 g/mol. The highest BCUT2D eigenvalue weighted by molar-refractivity contribution is 5.62. The van der Waals surface area contributed by atoms with E-state index in [1.54, 1.807) is 0 Å². The summed E-state index contributed by atoms with van der Waals surface area (Å²) in [4.78, 5) is 19.0. The number of likely N-dealkylation sites (N-methyl/N-ethyl adjacent to an activating group) is 1. The van der Waals surface area contributed by atoms with Gasteiger partial charge in [0.25, 0.3) is 0 Å². The molecule has 2 rings (SSSR count). The van der Waals surface area contributed by atoms with E-state index in [-0.39, 0.29) is 11.7 Å². The minimum absolute atomic E-state index is 0.0276. The number of nitrogen functional groups attached to an aromatic ring is 1. The molecular formula is C12H19N5O2. The smallest absolute Gasteiger partial charge is 0.311 e. The van der Waals surface area contributed by atoms with Crippen molar-refractivity contribution in [3.63, 3.8) is 0 Å². The summed E-state index contributed by atoms with van der Waals surface area (Å²) < 4.78 is 0. The summed E-state index contributed by atoms with van der Waals surface area (Å²) in [5, 5.41) is 11.1. The predicted octanol–water partition coefficient (Wildman–Crippen LogP) is 1.10. The van der Waals surface area contributed by atoms with Crippen LogP contribution in [0.3, 0.4) is 0 Å².